The highest BCUT2D eigenvalue weighted by Crippen LogP contribution is 2.51. The molecule has 0 radical (unpaired) electrons. The van der Waals surface area contributed by atoms with Gasteiger partial charge in [-0.3, -0.25) is 24.9 Å². The molecule has 1 aliphatic carbocycles. The van der Waals surface area contributed by atoms with E-state index in [9.17, 15) is 9.59 Å². The second-order valence-electron chi connectivity index (χ2n) is 11.7. The first-order valence-electron chi connectivity index (χ1n) is 12.6. The number of carbonyl (C=O) groups excluding carboxylic acids is 2. The zero-order valence-electron chi connectivity index (χ0n) is 21.6. The quantitative estimate of drug-likeness (QED) is 0.588. The van der Waals surface area contributed by atoms with Gasteiger partial charge in [0.2, 0.25) is 11.8 Å². The Hall–Kier alpha value is -3.42. The molecule has 2 amide bonds. The first-order valence-corrected chi connectivity index (χ1v) is 12.6. The lowest BCUT2D eigenvalue weighted by Crippen LogP contribution is -2.60. The lowest BCUT2D eigenvalue weighted by atomic mass is 9.89. The van der Waals surface area contributed by atoms with Crippen LogP contribution in [0.1, 0.15) is 75.7 Å². The molecule has 36 heavy (non-hydrogen) atoms. The summed E-state index contributed by atoms with van der Waals surface area (Å²) in [7, 11) is 0. The predicted octanol–water partition coefficient (Wildman–Crippen LogP) is 4.02. The first-order chi connectivity index (χ1) is 16.9. The van der Waals surface area contributed by atoms with Gasteiger partial charge in [-0.15, -0.1) is 0 Å². The van der Waals surface area contributed by atoms with Gasteiger partial charge >= 0.3 is 0 Å². The van der Waals surface area contributed by atoms with Crippen molar-refractivity contribution in [2.24, 2.45) is 11.8 Å². The average molecular weight is 490 g/mol. The molecular weight excluding hydrogens is 454 g/mol. The van der Waals surface area contributed by atoms with Gasteiger partial charge in [0, 0.05) is 42.3 Å². The van der Waals surface area contributed by atoms with Gasteiger partial charge in [-0.25, -0.2) is 0 Å². The lowest BCUT2D eigenvalue weighted by molar-refractivity contribution is -0.133. The molecule has 1 aromatic heterocycles. The number of benzene rings is 1. The number of aryl methyl sites for hydroxylation is 1. The molecule has 3 N–H and O–H groups in total. The number of hydrogen-bond donors (Lipinski definition) is 3. The van der Waals surface area contributed by atoms with Gasteiger partial charge in [0.1, 0.15) is 11.4 Å². The Kier molecular flexibility index (Phi) is 5.80. The van der Waals surface area contributed by atoms with E-state index in [2.05, 4.69) is 15.6 Å². The standard InChI is InChI=1S/C28H35N5O3/c1-16-8-9-18-21(13-28(4,5)36-22(18)11-16)31-25(35)20-12-19(20)24(17-7-6-10-30-15-17)33-23(34)14-27(2,3)32-26(33)29/h6-11,15,19-21,24H,12-14H2,1-5H3,(H2,29,32)(H,31,35)/t19-,20-,21-,24-/m1/s1. The van der Waals surface area contributed by atoms with Crippen LogP contribution in [-0.2, 0) is 9.59 Å². The van der Waals surface area contributed by atoms with Gasteiger partial charge in [-0.1, -0.05) is 18.2 Å². The van der Waals surface area contributed by atoms with Crippen LogP contribution >= 0.6 is 0 Å². The molecule has 2 aliphatic heterocycles. The fourth-order valence-electron chi connectivity index (χ4n) is 5.68. The van der Waals surface area contributed by atoms with Gasteiger partial charge < -0.3 is 15.4 Å². The van der Waals surface area contributed by atoms with E-state index in [4.69, 9.17) is 10.1 Å². The largest absolute Gasteiger partial charge is 0.487 e. The van der Waals surface area contributed by atoms with Crippen molar-refractivity contribution in [3.63, 3.8) is 0 Å². The highest BCUT2D eigenvalue weighted by Gasteiger charge is 2.53. The summed E-state index contributed by atoms with van der Waals surface area (Å²) < 4.78 is 6.19. The Morgan fingerprint density at radius 3 is 2.75 bits per heavy atom. The highest BCUT2D eigenvalue weighted by molar-refractivity contribution is 5.99. The first kappa shape index (κ1) is 24.3. The Labute approximate surface area is 212 Å². The van der Waals surface area contributed by atoms with Crippen LogP contribution in [-0.4, -0.2) is 38.8 Å². The van der Waals surface area contributed by atoms with Crippen molar-refractivity contribution < 1.29 is 14.3 Å². The minimum atomic E-state index is -0.480. The molecule has 0 spiro atoms. The summed E-state index contributed by atoms with van der Waals surface area (Å²) in [5.74, 6) is 0.425. The number of amides is 2. The van der Waals surface area contributed by atoms with Crippen molar-refractivity contribution in [2.75, 3.05) is 0 Å². The Morgan fingerprint density at radius 2 is 2.06 bits per heavy atom. The monoisotopic (exact) mass is 489 g/mol. The van der Waals surface area contributed by atoms with Crippen LogP contribution in [0.15, 0.2) is 42.7 Å². The molecule has 2 fully saturated rings. The van der Waals surface area contributed by atoms with Crippen LogP contribution in [0.4, 0.5) is 0 Å². The van der Waals surface area contributed by atoms with Gasteiger partial charge in [0.15, 0.2) is 5.96 Å². The zero-order chi connectivity index (χ0) is 25.8. The molecule has 1 aromatic carbocycles. The van der Waals surface area contributed by atoms with Crippen LogP contribution in [0.5, 0.6) is 5.75 Å². The number of aromatic nitrogens is 1. The minimum absolute atomic E-state index is 0.0209. The summed E-state index contributed by atoms with van der Waals surface area (Å²) in [6.45, 7) is 9.94. The second kappa shape index (κ2) is 8.61. The fraction of sp³-hybridized carbons (Fsp3) is 0.500. The summed E-state index contributed by atoms with van der Waals surface area (Å²) >= 11 is 0. The molecule has 3 heterocycles. The fourth-order valence-corrected chi connectivity index (χ4v) is 5.68. The van der Waals surface area contributed by atoms with E-state index in [1.54, 1.807) is 12.4 Å². The number of pyridine rings is 1. The molecule has 0 unspecified atom stereocenters. The maximum Gasteiger partial charge on any atom is 0.232 e. The molecule has 5 rings (SSSR count). The maximum absolute atomic E-state index is 13.5. The molecular formula is C28H35N5O3. The van der Waals surface area contributed by atoms with E-state index in [-0.39, 0.29) is 42.1 Å². The van der Waals surface area contributed by atoms with Crippen LogP contribution in [0.25, 0.3) is 0 Å². The zero-order valence-corrected chi connectivity index (χ0v) is 21.6. The number of fused-ring (bicyclic) bond motifs is 1. The number of hydrogen-bond acceptors (Lipinski definition) is 5. The van der Waals surface area contributed by atoms with Crippen LogP contribution < -0.4 is 15.4 Å². The van der Waals surface area contributed by atoms with Gasteiger partial charge in [0.25, 0.3) is 0 Å². The van der Waals surface area contributed by atoms with Crippen LogP contribution in [0, 0.1) is 24.2 Å². The van der Waals surface area contributed by atoms with E-state index in [0.29, 0.717) is 12.8 Å². The SMILES string of the molecule is Cc1ccc2c(c1)OC(C)(C)C[C@H]2NC(=O)[C@@H]1C[C@H]1[C@@H](c1cccnc1)N1C(=N)NC(C)(C)CC1=O. The summed E-state index contributed by atoms with van der Waals surface area (Å²) in [6, 6.07) is 9.29. The van der Waals surface area contributed by atoms with Crippen molar-refractivity contribution >= 4 is 17.8 Å². The number of carbonyl (C=O) groups is 2. The van der Waals surface area contributed by atoms with E-state index in [0.717, 1.165) is 22.4 Å². The molecule has 8 nitrogen and oxygen atoms in total. The third kappa shape index (κ3) is 4.68. The average Bonchev–Trinajstić information content (AvgIpc) is 3.55. The third-order valence-electron chi connectivity index (χ3n) is 7.39. The van der Waals surface area contributed by atoms with Crippen molar-refractivity contribution in [3.05, 3.63) is 59.4 Å². The summed E-state index contributed by atoms with van der Waals surface area (Å²) in [5.41, 5.74) is 2.07. The Bertz CT molecular complexity index is 1190. The summed E-state index contributed by atoms with van der Waals surface area (Å²) in [5, 5.41) is 15.0. The minimum Gasteiger partial charge on any atom is -0.487 e. The smallest absolute Gasteiger partial charge is 0.232 e. The van der Waals surface area contributed by atoms with Crippen molar-refractivity contribution in [1.82, 2.24) is 20.5 Å². The Morgan fingerprint density at radius 1 is 1.28 bits per heavy atom. The van der Waals surface area contributed by atoms with Gasteiger partial charge in [0.05, 0.1) is 12.1 Å². The summed E-state index contributed by atoms with van der Waals surface area (Å²) in [4.78, 5) is 32.5. The molecule has 1 saturated heterocycles. The number of nitrogens with one attached hydrogen (secondary N) is 3. The third-order valence-corrected chi connectivity index (χ3v) is 7.39. The van der Waals surface area contributed by atoms with Crippen molar-refractivity contribution in [1.29, 1.82) is 5.41 Å². The number of rotatable bonds is 5. The van der Waals surface area contributed by atoms with E-state index >= 15 is 0 Å². The van der Waals surface area contributed by atoms with Crippen molar-refractivity contribution in [3.8, 4) is 5.75 Å². The highest BCUT2D eigenvalue weighted by atomic mass is 16.5. The van der Waals surface area contributed by atoms with E-state index < -0.39 is 17.2 Å². The normalized spacial score (nSPS) is 26.8. The number of guanidine groups is 1. The Balaban J connectivity index is 1.38. The second-order valence-corrected chi connectivity index (χ2v) is 11.7. The number of nitrogens with zero attached hydrogens (tertiary/aromatic N) is 2. The summed E-state index contributed by atoms with van der Waals surface area (Å²) in [6.07, 6.45) is 5.03. The topological polar surface area (TPSA) is 107 Å². The molecule has 2 aromatic rings. The van der Waals surface area contributed by atoms with E-state index in [1.165, 1.54) is 4.90 Å². The predicted molar refractivity (Wildman–Crippen MR) is 136 cm³/mol. The van der Waals surface area contributed by atoms with Gasteiger partial charge in [-0.05, 0) is 70.2 Å². The molecule has 190 valence electrons. The van der Waals surface area contributed by atoms with Crippen LogP contribution in [0.3, 0.4) is 0 Å². The van der Waals surface area contributed by atoms with E-state index in [1.807, 2.05) is 65.0 Å². The molecule has 1 saturated carbocycles. The molecule has 0 bridgehead atoms. The van der Waals surface area contributed by atoms with Gasteiger partial charge in [-0.2, -0.15) is 0 Å². The molecule has 3 aliphatic rings. The van der Waals surface area contributed by atoms with Crippen LogP contribution in [0.2, 0.25) is 0 Å². The lowest BCUT2D eigenvalue weighted by Gasteiger charge is -2.42. The maximum atomic E-state index is 13.5. The molecule has 4 atom stereocenters. The number of ether oxygens (including phenoxy) is 1. The van der Waals surface area contributed by atoms with Crippen molar-refractivity contribution in [2.45, 2.75) is 77.1 Å². The molecule has 8 heteroatoms.